The first-order valence-corrected chi connectivity index (χ1v) is 6.91. The predicted molar refractivity (Wildman–Crippen MR) is 75.7 cm³/mol. The summed E-state index contributed by atoms with van der Waals surface area (Å²) in [6.07, 6.45) is -1.34. The van der Waals surface area contributed by atoms with Gasteiger partial charge in [0.15, 0.2) is 0 Å². The van der Waals surface area contributed by atoms with Crippen molar-refractivity contribution in [2.45, 2.75) is 52.8 Å². The van der Waals surface area contributed by atoms with Gasteiger partial charge in [0.25, 0.3) is 6.17 Å². The quantitative estimate of drug-likeness (QED) is 0.456. The molecule has 1 atom stereocenters. The van der Waals surface area contributed by atoms with Crippen LogP contribution in [0.3, 0.4) is 0 Å². The normalized spacial score (nSPS) is 12.3. The molecule has 20 heavy (non-hydrogen) atoms. The van der Waals surface area contributed by atoms with E-state index in [1.165, 1.54) is 0 Å². The number of carbonyl (C=O) groups excluding carboxylic acids is 2. The van der Waals surface area contributed by atoms with Crippen molar-refractivity contribution in [1.29, 1.82) is 0 Å². The summed E-state index contributed by atoms with van der Waals surface area (Å²) in [6, 6.07) is 5.39. The largest absolute Gasteiger partial charge is 0.460 e. The van der Waals surface area contributed by atoms with Crippen LogP contribution in [0.25, 0.3) is 0 Å². The fourth-order valence-corrected chi connectivity index (χ4v) is 1.92. The van der Waals surface area contributed by atoms with Crippen LogP contribution in [0.5, 0.6) is 0 Å². The van der Waals surface area contributed by atoms with Crippen LogP contribution in [-0.4, -0.2) is 24.0 Å². The summed E-state index contributed by atoms with van der Waals surface area (Å²) in [5.41, 5.74) is 1.96. The molecule has 1 rings (SSSR count). The first kappa shape index (κ1) is 16.3. The number of hydrogen-bond acceptors (Lipinski definition) is 3. The maximum atomic E-state index is 14.0. The number of rotatable bonds is 6. The SMILES string of the molecule is CCc1ccc(CC)c(C(=O)C(F)C(=O)OC(C)C)c1. The molecule has 1 aromatic carbocycles. The number of esters is 1. The standard InChI is InChI=1S/C16H21FO3/c1-5-11-7-8-12(6-2)13(9-11)15(18)14(17)16(19)20-10(3)4/h7-10,14H,5-6H2,1-4H3. The second-order valence-corrected chi connectivity index (χ2v) is 4.91. The van der Waals surface area contributed by atoms with Crippen molar-refractivity contribution >= 4 is 11.8 Å². The van der Waals surface area contributed by atoms with Crippen LogP contribution >= 0.6 is 0 Å². The number of benzene rings is 1. The molecule has 4 heteroatoms. The van der Waals surface area contributed by atoms with Crippen molar-refractivity contribution in [3.05, 3.63) is 34.9 Å². The first-order valence-electron chi connectivity index (χ1n) is 6.91. The minimum Gasteiger partial charge on any atom is -0.460 e. The van der Waals surface area contributed by atoms with E-state index in [9.17, 15) is 14.0 Å². The number of carbonyl (C=O) groups is 2. The third kappa shape index (κ3) is 3.89. The van der Waals surface area contributed by atoms with Crippen LogP contribution < -0.4 is 0 Å². The van der Waals surface area contributed by atoms with Gasteiger partial charge in [-0.1, -0.05) is 26.0 Å². The summed E-state index contributed by atoms with van der Waals surface area (Å²) in [6.45, 7) is 7.07. The minimum absolute atomic E-state index is 0.278. The van der Waals surface area contributed by atoms with Gasteiger partial charge in [-0.3, -0.25) is 4.79 Å². The molecule has 0 aromatic heterocycles. The van der Waals surface area contributed by atoms with Gasteiger partial charge in [-0.15, -0.1) is 0 Å². The van der Waals surface area contributed by atoms with Gasteiger partial charge in [-0.2, -0.15) is 0 Å². The molecular weight excluding hydrogens is 259 g/mol. The molecule has 1 aromatic rings. The zero-order valence-electron chi connectivity index (χ0n) is 12.4. The molecule has 0 aliphatic carbocycles. The summed E-state index contributed by atoms with van der Waals surface area (Å²) < 4.78 is 18.7. The highest BCUT2D eigenvalue weighted by atomic mass is 19.1. The lowest BCUT2D eigenvalue weighted by molar-refractivity contribution is -0.151. The van der Waals surface area contributed by atoms with E-state index in [1.807, 2.05) is 26.0 Å². The van der Waals surface area contributed by atoms with Crippen LogP contribution in [0, 0.1) is 0 Å². The van der Waals surface area contributed by atoms with E-state index in [0.717, 1.165) is 17.5 Å². The van der Waals surface area contributed by atoms with Crippen LogP contribution in [0.2, 0.25) is 0 Å². The second kappa shape index (κ2) is 7.17. The molecule has 110 valence electrons. The van der Waals surface area contributed by atoms with Crippen LogP contribution in [0.4, 0.5) is 4.39 Å². The molecule has 0 aliphatic rings. The Kier molecular flexibility index (Phi) is 5.86. The Hall–Kier alpha value is -1.71. The number of aryl methyl sites for hydroxylation is 2. The van der Waals surface area contributed by atoms with E-state index in [4.69, 9.17) is 4.74 Å². The molecule has 0 fully saturated rings. The van der Waals surface area contributed by atoms with Gasteiger partial charge >= 0.3 is 5.97 Å². The van der Waals surface area contributed by atoms with Crippen molar-refractivity contribution < 1.29 is 18.7 Å². The summed E-state index contributed by atoms with van der Waals surface area (Å²) in [4.78, 5) is 23.6. The lowest BCUT2D eigenvalue weighted by Crippen LogP contribution is -2.30. The first-order chi connectivity index (χ1) is 9.40. The highest BCUT2D eigenvalue weighted by Crippen LogP contribution is 2.17. The highest BCUT2D eigenvalue weighted by molar-refractivity contribution is 6.11. The summed E-state index contributed by atoms with van der Waals surface area (Å²) >= 11 is 0. The second-order valence-electron chi connectivity index (χ2n) is 4.91. The van der Waals surface area contributed by atoms with E-state index < -0.39 is 24.0 Å². The Labute approximate surface area is 119 Å². The molecule has 0 N–H and O–H groups in total. The van der Waals surface area contributed by atoms with Crippen molar-refractivity contribution in [2.24, 2.45) is 0 Å². The number of alkyl halides is 1. The third-order valence-electron chi connectivity index (χ3n) is 3.02. The number of hydrogen-bond donors (Lipinski definition) is 0. The minimum atomic E-state index is -2.25. The summed E-state index contributed by atoms with van der Waals surface area (Å²) in [5, 5.41) is 0. The number of ether oxygens (including phenoxy) is 1. The van der Waals surface area contributed by atoms with Gasteiger partial charge in [0, 0.05) is 5.56 Å². The van der Waals surface area contributed by atoms with E-state index in [1.54, 1.807) is 19.9 Å². The lowest BCUT2D eigenvalue weighted by Gasteiger charge is -2.13. The van der Waals surface area contributed by atoms with E-state index in [-0.39, 0.29) is 5.56 Å². The van der Waals surface area contributed by atoms with Gasteiger partial charge in [0.1, 0.15) is 0 Å². The molecule has 0 spiro atoms. The smallest absolute Gasteiger partial charge is 0.349 e. The zero-order valence-corrected chi connectivity index (χ0v) is 12.4. The molecule has 0 heterocycles. The van der Waals surface area contributed by atoms with Crippen molar-refractivity contribution in [1.82, 2.24) is 0 Å². The Bertz CT molecular complexity index is 494. The van der Waals surface area contributed by atoms with Gasteiger partial charge in [0.2, 0.25) is 5.78 Å². The number of halogens is 1. The fourth-order valence-electron chi connectivity index (χ4n) is 1.92. The molecule has 0 aliphatic heterocycles. The number of Topliss-reactive ketones (excluding diaryl/α,β-unsaturated/α-hetero) is 1. The van der Waals surface area contributed by atoms with Crippen molar-refractivity contribution in [3.8, 4) is 0 Å². The van der Waals surface area contributed by atoms with Crippen LogP contribution in [0.1, 0.15) is 49.2 Å². The molecule has 3 nitrogen and oxygen atoms in total. The van der Waals surface area contributed by atoms with E-state index in [2.05, 4.69) is 0 Å². The highest BCUT2D eigenvalue weighted by Gasteiger charge is 2.30. The molecule has 0 bridgehead atoms. The third-order valence-corrected chi connectivity index (χ3v) is 3.02. The Morgan fingerprint density at radius 1 is 1.20 bits per heavy atom. The maximum Gasteiger partial charge on any atom is 0.349 e. The summed E-state index contributed by atoms with van der Waals surface area (Å²) in [7, 11) is 0. The van der Waals surface area contributed by atoms with Crippen LogP contribution in [0.15, 0.2) is 18.2 Å². The summed E-state index contributed by atoms with van der Waals surface area (Å²) in [5.74, 6) is -1.93. The fraction of sp³-hybridized carbons (Fsp3) is 0.500. The maximum absolute atomic E-state index is 14.0. The molecule has 0 amide bonds. The monoisotopic (exact) mass is 280 g/mol. The van der Waals surface area contributed by atoms with Crippen molar-refractivity contribution in [3.63, 3.8) is 0 Å². The molecule has 1 unspecified atom stereocenters. The van der Waals surface area contributed by atoms with E-state index in [0.29, 0.717) is 6.42 Å². The molecular formula is C16H21FO3. The lowest BCUT2D eigenvalue weighted by atomic mass is 9.96. The Morgan fingerprint density at radius 3 is 2.35 bits per heavy atom. The Balaban J connectivity index is 3.03. The van der Waals surface area contributed by atoms with Gasteiger partial charge in [0.05, 0.1) is 6.10 Å². The van der Waals surface area contributed by atoms with Gasteiger partial charge in [-0.05, 0) is 43.9 Å². The van der Waals surface area contributed by atoms with Crippen molar-refractivity contribution in [2.75, 3.05) is 0 Å². The topological polar surface area (TPSA) is 43.4 Å². The van der Waals surface area contributed by atoms with Crippen LogP contribution in [-0.2, 0) is 22.4 Å². The average molecular weight is 280 g/mol. The van der Waals surface area contributed by atoms with E-state index >= 15 is 0 Å². The zero-order chi connectivity index (χ0) is 15.3. The average Bonchev–Trinajstić information content (AvgIpc) is 2.44. The number of ketones is 1. The van der Waals surface area contributed by atoms with Gasteiger partial charge in [-0.25, -0.2) is 9.18 Å². The van der Waals surface area contributed by atoms with Gasteiger partial charge < -0.3 is 4.74 Å². The predicted octanol–water partition coefficient (Wildman–Crippen LogP) is 3.28. The molecule has 0 saturated heterocycles. The molecule has 0 saturated carbocycles. The molecule has 0 radical (unpaired) electrons. The Morgan fingerprint density at radius 2 is 1.85 bits per heavy atom.